The Labute approximate surface area is 147 Å². The highest BCUT2D eigenvalue weighted by molar-refractivity contribution is 7.13. The Hall–Kier alpha value is -2.25. The van der Waals surface area contributed by atoms with E-state index >= 15 is 0 Å². The number of nitrogens with zero attached hydrogens (tertiary/aromatic N) is 1. The van der Waals surface area contributed by atoms with Crippen molar-refractivity contribution in [1.29, 1.82) is 0 Å². The van der Waals surface area contributed by atoms with E-state index in [0.29, 0.717) is 17.8 Å². The summed E-state index contributed by atoms with van der Waals surface area (Å²) < 4.78 is 0. The molecule has 0 saturated carbocycles. The SMILES string of the molecule is O=C(CCC(=O)c1cccs1)NCCc1[nH]cnc1-c1cccs1. The molecule has 5 nitrogen and oxygen atoms in total. The van der Waals surface area contributed by atoms with Crippen LogP contribution in [0.25, 0.3) is 10.6 Å². The van der Waals surface area contributed by atoms with Crippen LogP contribution in [0.3, 0.4) is 0 Å². The van der Waals surface area contributed by atoms with Gasteiger partial charge in [0.15, 0.2) is 5.78 Å². The molecule has 0 aliphatic carbocycles. The molecule has 0 saturated heterocycles. The number of imidazole rings is 1. The van der Waals surface area contributed by atoms with Gasteiger partial charge in [0, 0.05) is 31.5 Å². The normalized spacial score (nSPS) is 10.7. The molecule has 0 fully saturated rings. The van der Waals surface area contributed by atoms with E-state index in [0.717, 1.165) is 16.3 Å². The van der Waals surface area contributed by atoms with Crippen molar-refractivity contribution in [3.63, 3.8) is 0 Å². The first-order valence-corrected chi connectivity index (χ1v) is 9.39. The maximum atomic E-state index is 11.9. The van der Waals surface area contributed by atoms with Crippen molar-refractivity contribution in [1.82, 2.24) is 15.3 Å². The summed E-state index contributed by atoms with van der Waals surface area (Å²) in [5.74, 6) is -0.0780. The largest absolute Gasteiger partial charge is 0.356 e. The summed E-state index contributed by atoms with van der Waals surface area (Å²) in [6.07, 6.45) is 2.82. The molecule has 3 rings (SSSR count). The first-order chi connectivity index (χ1) is 11.7. The van der Waals surface area contributed by atoms with Crippen LogP contribution >= 0.6 is 22.7 Å². The zero-order chi connectivity index (χ0) is 16.8. The number of carbonyl (C=O) groups excluding carboxylic acids is 2. The van der Waals surface area contributed by atoms with Crippen molar-refractivity contribution in [2.45, 2.75) is 19.3 Å². The smallest absolute Gasteiger partial charge is 0.220 e. The van der Waals surface area contributed by atoms with Gasteiger partial charge in [-0.05, 0) is 22.9 Å². The van der Waals surface area contributed by atoms with Crippen molar-refractivity contribution >= 4 is 34.4 Å². The number of ketones is 1. The van der Waals surface area contributed by atoms with Crippen LogP contribution in [0.5, 0.6) is 0 Å². The molecule has 3 aromatic heterocycles. The van der Waals surface area contributed by atoms with E-state index < -0.39 is 0 Å². The topological polar surface area (TPSA) is 74.8 Å². The number of hydrogen-bond acceptors (Lipinski definition) is 5. The number of aromatic nitrogens is 2. The molecule has 0 aliphatic rings. The van der Waals surface area contributed by atoms with Gasteiger partial charge in [-0.1, -0.05) is 12.1 Å². The summed E-state index contributed by atoms with van der Waals surface area (Å²) in [5.41, 5.74) is 1.94. The quantitative estimate of drug-likeness (QED) is 0.604. The van der Waals surface area contributed by atoms with Gasteiger partial charge >= 0.3 is 0 Å². The summed E-state index contributed by atoms with van der Waals surface area (Å²) in [5, 5.41) is 6.74. The molecule has 3 aromatic rings. The molecule has 0 atom stereocenters. The minimum Gasteiger partial charge on any atom is -0.356 e. The van der Waals surface area contributed by atoms with Crippen LogP contribution in [0.2, 0.25) is 0 Å². The second kappa shape index (κ2) is 8.03. The number of nitrogens with one attached hydrogen (secondary N) is 2. The molecule has 1 amide bonds. The molecule has 0 spiro atoms. The van der Waals surface area contributed by atoms with Crippen molar-refractivity contribution in [2.75, 3.05) is 6.54 Å². The van der Waals surface area contributed by atoms with Crippen LogP contribution in [0.15, 0.2) is 41.4 Å². The first kappa shape index (κ1) is 16.6. The van der Waals surface area contributed by atoms with E-state index in [4.69, 9.17) is 0 Å². The van der Waals surface area contributed by atoms with E-state index in [9.17, 15) is 9.59 Å². The lowest BCUT2D eigenvalue weighted by Crippen LogP contribution is -2.26. The highest BCUT2D eigenvalue weighted by Crippen LogP contribution is 2.25. The fourth-order valence-corrected chi connectivity index (χ4v) is 3.78. The number of carbonyl (C=O) groups is 2. The Bertz CT molecular complexity index is 792. The molecule has 2 N–H and O–H groups in total. The van der Waals surface area contributed by atoms with Crippen LogP contribution in [-0.4, -0.2) is 28.2 Å². The predicted molar refractivity (Wildman–Crippen MR) is 96.5 cm³/mol. The van der Waals surface area contributed by atoms with Gasteiger partial charge in [0.25, 0.3) is 0 Å². The molecule has 0 aliphatic heterocycles. The van der Waals surface area contributed by atoms with Gasteiger partial charge in [0.05, 0.1) is 16.1 Å². The fourth-order valence-electron chi connectivity index (χ4n) is 2.34. The van der Waals surface area contributed by atoms with Gasteiger partial charge < -0.3 is 10.3 Å². The number of Topliss-reactive ketones (excluding diaryl/α,β-unsaturated/α-hetero) is 1. The van der Waals surface area contributed by atoms with Crippen molar-refractivity contribution in [2.24, 2.45) is 0 Å². The summed E-state index contributed by atoms with van der Waals surface area (Å²) in [7, 11) is 0. The Balaban J connectivity index is 1.43. The van der Waals surface area contributed by atoms with E-state index in [1.54, 1.807) is 23.7 Å². The minimum atomic E-state index is -0.0999. The Morgan fingerprint density at radius 2 is 1.96 bits per heavy atom. The predicted octanol–water partition coefficient (Wildman–Crippen LogP) is 3.52. The van der Waals surface area contributed by atoms with Gasteiger partial charge in [0.2, 0.25) is 5.91 Å². The first-order valence-electron chi connectivity index (χ1n) is 7.63. The number of aromatic amines is 1. The third kappa shape index (κ3) is 4.18. The minimum absolute atomic E-state index is 0.0219. The van der Waals surface area contributed by atoms with Crippen LogP contribution in [0.1, 0.15) is 28.2 Å². The summed E-state index contributed by atoms with van der Waals surface area (Å²) >= 11 is 3.05. The maximum Gasteiger partial charge on any atom is 0.220 e. The summed E-state index contributed by atoms with van der Waals surface area (Å²) in [4.78, 5) is 33.0. The monoisotopic (exact) mass is 359 g/mol. The second-order valence-electron chi connectivity index (χ2n) is 5.21. The molecule has 24 heavy (non-hydrogen) atoms. The van der Waals surface area contributed by atoms with E-state index in [2.05, 4.69) is 15.3 Å². The van der Waals surface area contributed by atoms with Crippen LogP contribution < -0.4 is 5.32 Å². The molecular weight excluding hydrogens is 342 g/mol. The van der Waals surface area contributed by atoms with Gasteiger partial charge in [-0.2, -0.15) is 0 Å². The number of H-pyrrole nitrogens is 1. The van der Waals surface area contributed by atoms with E-state index in [1.165, 1.54) is 11.3 Å². The zero-order valence-corrected chi connectivity index (χ0v) is 14.6. The maximum absolute atomic E-state index is 11.9. The van der Waals surface area contributed by atoms with Crippen LogP contribution in [0, 0.1) is 0 Å². The lowest BCUT2D eigenvalue weighted by atomic mass is 10.2. The molecule has 3 heterocycles. The van der Waals surface area contributed by atoms with Crippen molar-refractivity contribution in [3.05, 3.63) is 51.9 Å². The average molecular weight is 359 g/mol. The Kier molecular flexibility index (Phi) is 5.55. The number of hydrogen-bond donors (Lipinski definition) is 2. The van der Waals surface area contributed by atoms with E-state index in [1.807, 2.05) is 29.0 Å². The average Bonchev–Trinajstić information content (AvgIpc) is 3.33. The van der Waals surface area contributed by atoms with Crippen LogP contribution in [0.4, 0.5) is 0 Å². The summed E-state index contributed by atoms with van der Waals surface area (Å²) in [6, 6.07) is 7.65. The highest BCUT2D eigenvalue weighted by Gasteiger charge is 2.11. The molecule has 124 valence electrons. The number of thiophene rings is 2. The third-order valence-corrected chi connectivity index (χ3v) is 5.33. The standard InChI is InChI=1S/C17H17N3O2S2/c21-13(14-3-1-9-23-14)5-6-16(22)18-8-7-12-17(20-11-19-12)15-4-2-10-24-15/h1-4,9-11H,5-8H2,(H,18,22)(H,19,20). The van der Waals surface area contributed by atoms with Crippen molar-refractivity contribution < 1.29 is 9.59 Å². The Morgan fingerprint density at radius 3 is 2.71 bits per heavy atom. The highest BCUT2D eigenvalue weighted by atomic mass is 32.1. The molecule has 7 heteroatoms. The zero-order valence-electron chi connectivity index (χ0n) is 13.0. The van der Waals surface area contributed by atoms with Gasteiger partial charge in [-0.15, -0.1) is 22.7 Å². The number of amides is 1. The van der Waals surface area contributed by atoms with Crippen molar-refractivity contribution in [3.8, 4) is 10.6 Å². The van der Waals surface area contributed by atoms with Gasteiger partial charge in [-0.3, -0.25) is 9.59 Å². The number of rotatable bonds is 8. The van der Waals surface area contributed by atoms with E-state index in [-0.39, 0.29) is 24.5 Å². The summed E-state index contributed by atoms with van der Waals surface area (Å²) in [6.45, 7) is 0.520. The Morgan fingerprint density at radius 1 is 1.12 bits per heavy atom. The third-order valence-electron chi connectivity index (χ3n) is 3.55. The second-order valence-corrected chi connectivity index (χ2v) is 7.10. The molecule has 0 bridgehead atoms. The molecule has 0 aromatic carbocycles. The van der Waals surface area contributed by atoms with Gasteiger partial charge in [0.1, 0.15) is 5.69 Å². The fraction of sp³-hybridized carbons (Fsp3) is 0.235. The lowest BCUT2D eigenvalue weighted by molar-refractivity contribution is -0.121. The van der Waals surface area contributed by atoms with Crippen LogP contribution in [-0.2, 0) is 11.2 Å². The lowest BCUT2D eigenvalue weighted by Gasteiger charge is -2.05. The molecule has 0 radical (unpaired) electrons. The van der Waals surface area contributed by atoms with Gasteiger partial charge in [-0.25, -0.2) is 4.98 Å². The molecular formula is C17H17N3O2S2. The molecule has 0 unspecified atom stereocenters.